The van der Waals surface area contributed by atoms with Crippen molar-refractivity contribution in [3.8, 4) is 17.6 Å². The zero-order chi connectivity index (χ0) is 20.4. The van der Waals surface area contributed by atoms with Gasteiger partial charge in [0.05, 0.1) is 12.6 Å². The van der Waals surface area contributed by atoms with E-state index in [0.29, 0.717) is 24.2 Å². The molecule has 1 aromatic carbocycles. The van der Waals surface area contributed by atoms with Crippen LogP contribution in [0.4, 0.5) is 4.79 Å². The summed E-state index contributed by atoms with van der Waals surface area (Å²) in [5.74, 6) is 6.15. The van der Waals surface area contributed by atoms with Crippen molar-refractivity contribution >= 4 is 11.9 Å². The third-order valence-corrected chi connectivity index (χ3v) is 5.16. The van der Waals surface area contributed by atoms with Crippen LogP contribution in [0.25, 0.3) is 0 Å². The van der Waals surface area contributed by atoms with E-state index in [1.54, 1.807) is 25.3 Å². The van der Waals surface area contributed by atoms with Gasteiger partial charge in [0.2, 0.25) is 5.54 Å². The molecular weight excluding hydrogens is 354 g/mol. The lowest BCUT2D eigenvalue weighted by Crippen LogP contribution is -2.69. The van der Waals surface area contributed by atoms with Crippen LogP contribution in [0.5, 0.6) is 5.75 Å². The van der Waals surface area contributed by atoms with Gasteiger partial charge in [-0.25, -0.2) is 4.79 Å². The molecule has 3 rings (SSSR count). The monoisotopic (exact) mass is 377 g/mol. The fourth-order valence-electron chi connectivity index (χ4n) is 3.64. The Bertz CT molecular complexity index is 967. The SMILES string of the molecule is C=C/C=C\C(C#CC1(C2(N)Cc3ccc(OC)cc3C2)NC(=O)NC1=O)=C/C. The molecule has 1 saturated heterocycles. The molecule has 4 N–H and O–H groups in total. The van der Waals surface area contributed by atoms with Crippen LogP contribution in [0.15, 0.2) is 54.7 Å². The second kappa shape index (κ2) is 7.37. The Hall–Kier alpha value is -3.30. The summed E-state index contributed by atoms with van der Waals surface area (Å²) in [7, 11) is 1.60. The topological polar surface area (TPSA) is 93.4 Å². The van der Waals surface area contributed by atoms with Gasteiger partial charge in [0.1, 0.15) is 5.75 Å². The number of benzene rings is 1. The minimum absolute atomic E-state index is 0.385. The van der Waals surface area contributed by atoms with E-state index in [4.69, 9.17) is 10.5 Å². The van der Waals surface area contributed by atoms with E-state index in [1.165, 1.54) is 0 Å². The van der Waals surface area contributed by atoms with Gasteiger partial charge in [-0.1, -0.05) is 42.7 Å². The molecule has 6 nitrogen and oxygen atoms in total. The predicted molar refractivity (Wildman–Crippen MR) is 108 cm³/mol. The number of methoxy groups -OCH3 is 1. The average Bonchev–Trinajstić information content (AvgIpc) is 3.18. The molecule has 28 heavy (non-hydrogen) atoms. The first-order valence-corrected chi connectivity index (χ1v) is 8.94. The van der Waals surface area contributed by atoms with Gasteiger partial charge in [0.15, 0.2) is 0 Å². The molecule has 0 radical (unpaired) electrons. The van der Waals surface area contributed by atoms with E-state index >= 15 is 0 Å². The number of rotatable bonds is 4. The van der Waals surface area contributed by atoms with E-state index in [1.807, 2.05) is 31.2 Å². The molecule has 3 amide bonds. The molecule has 1 aliphatic carbocycles. The summed E-state index contributed by atoms with van der Waals surface area (Å²) in [4.78, 5) is 24.8. The summed E-state index contributed by atoms with van der Waals surface area (Å²) in [6.07, 6.45) is 7.76. The van der Waals surface area contributed by atoms with Crippen LogP contribution in [0, 0.1) is 11.8 Å². The molecule has 144 valence electrons. The lowest BCUT2D eigenvalue weighted by Gasteiger charge is -2.37. The number of nitrogens with one attached hydrogen (secondary N) is 2. The third-order valence-electron chi connectivity index (χ3n) is 5.16. The van der Waals surface area contributed by atoms with Gasteiger partial charge in [0.25, 0.3) is 5.91 Å². The molecule has 6 heteroatoms. The Balaban J connectivity index is 2.05. The number of allylic oxidation sites excluding steroid dienone is 5. The van der Waals surface area contributed by atoms with Crippen LogP contribution in [-0.2, 0) is 17.6 Å². The number of hydrogen-bond acceptors (Lipinski definition) is 4. The quantitative estimate of drug-likeness (QED) is 0.423. The molecule has 2 atom stereocenters. The third kappa shape index (κ3) is 3.21. The molecule has 0 saturated carbocycles. The lowest BCUT2D eigenvalue weighted by atomic mass is 9.75. The fourth-order valence-corrected chi connectivity index (χ4v) is 3.64. The van der Waals surface area contributed by atoms with Crippen molar-refractivity contribution in [2.45, 2.75) is 30.8 Å². The maximum atomic E-state index is 12.8. The van der Waals surface area contributed by atoms with Crippen molar-refractivity contribution in [3.05, 3.63) is 65.8 Å². The van der Waals surface area contributed by atoms with Crippen molar-refractivity contribution in [2.24, 2.45) is 5.73 Å². The summed E-state index contributed by atoms with van der Waals surface area (Å²) in [6.45, 7) is 5.48. The van der Waals surface area contributed by atoms with Gasteiger partial charge in [-0.05, 0) is 49.1 Å². The predicted octanol–water partition coefficient (Wildman–Crippen LogP) is 1.76. The van der Waals surface area contributed by atoms with Gasteiger partial charge in [-0.15, -0.1) is 0 Å². The largest absolute Gasteiger partial charge is 0.497 e. The maximum absolute atomic E-state index is 12.8. The van der Waals surface area contributed by atoms with Gasteiger partial charge in [-0.2, -0.15) is 0 Å². The standard InChI is InChI=1S/C22H23N3O3/c1-4-6-7-15(5-2)10-11-22(19(26)24-20(27)25-22)21(23)13-16-8-9-18(28-3)12-17(16)14-21/h4-9,12H,1,13-14,23H2,2-3H3,(H2,24,25,26,27)/b7-6-,15-5+. The Morgan fingerprint density at radius 1 is 1.32 bits per heavy atom. The Morgan fingerprint density at radius 3 is 2.68 bits per heavy atom. The highest BCUT2D eigenvalue weighted by Gasteiger charge is 2.60. The smallest absolute Gasteiger partial charge is 0.323 e. The highest BCUT2D eigenvalue weighted by Crippen LogP contribution is 2.38. The van der Waals surface area contributed by atoms with Gasteiger partial charge in [0, 0.05) is 5.57 Å². The molecule has 2 unspecified atom stereocenters. The molecular formula is C22H23N3O3. The van der Waals surface area contributed by atoms with Crippen LogP contribution in [-0.4, -0.2) is 30.1 Å². The Kier molecular flexibility index (Phi) is 5.12. The summed E-state index contributed by atoms with van der Waals surface area (Å²) in [5.41, 5.74) is 6.80. The number of ether oxygens (including phenoxy) is 1. The number of imide groups is 1. The fraction of sp³-hybridized carbons (Fsp3) is 0.273. The Labute approximate surface area is 164 Å². The summed E-state index contributed by atoms with van der Waals surface area (Å²) in [5, 5.41) is 4.99. The normalized spacial score (nSPS) is 26.3. The molecule has 0 bridgehead atoms. The van der Waals surface area contributed by atoms with E-state index in [0.717, 1.165) is 11.1 Å². The van der Waals surface area contributed by atoms with E-state index < -0.39 is 23.0 Å². The van der Waals surface area contributed by atoms with Crippen LogP contribution in [0.1, 0.15) is 18.1 Å². The number of hydrogen-bond donors (Lipinski definition) is 3. The summed E-state index contributed by atoms with van der Waals surface area (Å²) in [6, 6.07) is 5.10. The molecule has 0 spiro atoms. The zero-order valence-electron chi connectivity index (χ0n) is 16.0. The van der Waals surface area contributed by atoms with Gasteiger partial charge in [-0.3, -0.25) is 10.1 Å². The number of amides is 3. The molecule has 0 aromatic heterocycles. The first-order valence-electron chi connectivity index (χ1n) is 8.94. The molecule has 1 heterocycles. The van der Waals surface area contributed by atoms with E-state index in [-0.39, 0.29) is 0 Å². The second-order valence-corrected chi connectivity index (χ2v) is 6.89. The summed E-state index contributed by atoms with van der Waals surface area (Å²) < 4.78 is 5.29. The van der Waals surface area contributed by atoms with Gasteiger partial charge < -0.3 is 15.8 Å². The van der Waals surface area contributed by atoms with E-state index in [2.05, 4.69) is 29.1 Å². The highest BCUT2D eigenvalue weighted by atomic mass is 16.5. The Morgan fingerprint density at radius 2 is 2.07 bits per heavy atom. The van der Waals surface area contributed by atoms with Crippen molar-refractivity contribution in [1.29, 1.82) is 0 Å². The molecule has 1 aliphatic heterocycles. The average molecular weight is 377 g/mol. The first kappa shape index (κ1) is 19.5. The molecule has 1 aromatic rings. The van der Waals surface area contributed by atoms with E-state index in [9.17, 15) is 9.59 Å². The number of fused-ring (bicyclic) bond motifs is 1. The minimum Gasteiger partial charge on any atom is -0.497 e. The second-order valence-electron chi connectivity index (χ2n) is 6.89. The van der Waals surface area contributed by atoms with Crippen LogP contribution in [0.3, 0.4) is 0 Å². The van der Waals surface area contributed by atoms with Crippen LogP contribution in [0.2, 0.25) is 0 Å². The van der Waals surface area contributed by atoms with Crippen molar-refractivity contribution in [3.63, 3.8) is 0 Å². The van der Waals surface area contributed by atoms with Gasteiger partial charge >= 0.3 is 6.03 Å². The number of nitrogens with two attached hydrogens (primary N) is 1. The van der Waals surface area contributed by atoms with Crippen molar-refractivity contribution in [2.75, 3.05) is 7.11 Å². The molecule has 1 fully saturated rings. The summed E-state index contributed by atoms with van der Waals surface area (Å²) >= 11 is 0. The highest BCUT2D eigenvalue weighted by molar-refractivity contribution is 6.10. The van der Waals surface area contributed by atoms with Crippen LogP contribution < -0.4 is 21.1 Å². The lowest BCUT2D eigenvalue weighted by molar-refractivity contribution is -0.124. The number of carbonyl (C=O) groups excluding carboxylic acids is 2. The van der Waals surface area contributed by atoms with Crippen molar-refractivity contribution < 1.29 is 14.3 Å². The number of carbonyl (C=O) groups is 2. The molecule has 2 aliphatic rings. The first-order chi connectivity index (χ1) is 13.4. The minimum atomic E-state index is -1.54. The number of urea groups is 1. The van der Waals surface area contributed by atoms with Crippen LogP contribution >= 0.6 is 0 Å². The maximum Gasteiger partial charge on any atom is 0.323 e. The zero-order valence-corrected chi connectivity index (χ0v) is 16.0. The van der Waals surface area contributed by atoms with Crippen molar-refractivity contribution in [1.82, 2.24) is 10.6 Å².